The van der Waals surface area contributed by atoms with Crippen LogP contribution in [0.15, 0.2) is 0 Å². The molecule has 0 aromatic heterocycles. The lowest BCUT2D eigenvalue weighted by molar-refractivity contribution is -0.135. The van der Waals surface area contributed by atoms with Crippen molar-refractivity contribution in [3.8, 4) is 0 Å². The van der Waals surface area contributed by atoms with Crippen LogP contribution in [0, 0.1) is 5.92 Å². The van der Waals surface area contributed by atoms with Crippen LogP contribution in [-0.2, 0) is 4.79 Å². The van der Waals surface area contributed by atoms with Crippen LogP contribution < -0.4 is 5.32 Å². The number of nitrogens with zero attached hydrogens (tertiary/aromatic N) is 1. The van der Waals surface area contributed by atoms with Crippen LogP contribution in [0.2, 0.25) is 0 Å². The number of hydrogen-bond acceptors (Lipinski definition) is 2. The molecule has 1 heterocycles. The zero-order valence-corrected chi connectivity index (χ0v) is 11.9. The summed E-state index contributed by atoms with van der Waals surface area (Å²) in [5, 5.41) is 3.40. The van der Waals surface area contributed by atoms with Crippen molar-refractivity contribution in [1.82, 2.24) is 10.2 Å². The lowest BCUT2D eigenvalue weighted by Gasteiger charge is -2.35. The maximum atomic E-state index is 12.1. The molecule has 3 heteroatoms. The minimum Gasteiger partial charge on any atom is -0.341 e. The minimum atomic E-state index is -0.0120. The largest absolute Gasteiger partial charge is 0.341 e. The molecule has 0 spiro atoms. The molecule has 17 heavy (non-hydrogen) atoms. The van der Waals surface area contributed by atoms with E-state index in [1.54, 1.807) is 0 Å². The van der Waals surface area contributed by atoms with Gasteiger partial charge in [-0.2, -0.15) is 0 Å². The number of nitrogens with one attached hydrogen (secondary N) is 1. The Labute approximate surface area is 106 Å². The highest BCUT2D eigenvalue weighted by molar-refractivity contribution is 5.76. The number of piperidine rings is 1. The molecule has 1 fully saturated rings. The Morgan fingerprint density at radius 2 is 2.18 bits per heavy atom. The molecule has 0 aromatic carbocycles. The van der Waals surface area contributed by atoms with E-state index in [2.05, 4.69) is 26.1 Å². The van der Waals surface area contributed by atoms with Crippen molar-refractivity contribution in [3.63, 3.8) is 0 Å². The van der Waals surface area contributed by atoms with Gasteiger partial charge in [0, 0.05) is 19.0 Å². The molecule has 1 aliphatic rings. The fourth-order valence-corrected chi connectivity index (χ4v) is 2.24. The van der Waals surface area contributed by atoms with E-state index >= 15 is 0 Å². The monoisotopic (exact) mass is 240 g/mol. The van der Waals surface area contributed by atoms with Gasteiger partial charge < -0.3 is 10.2 Å². The summed E-state index contributed by atoms with van der Waals surface area (Å²) in [7, 11) is 1.94. The van der Waals surface area contributed by atoms with E-state index in [4.69, 9.17) is 0 Å². The van der Waals surface area contributed by atoms with Crippen molar-refractivity contribution >= 4 is 5.91 Å². The van der Waals surface area contributed by atoms with Crippen molar-refractivity contribution in [2.75, 3.05) is 20.1 Å². The molecule has 0 saturated carbocycles. The maximum absolute atomic E-state index is 12.1. The molecule has 0 aliphatic carbocycles. The highest BCUT2D eigenvalue weighted by Gasteiger charge is 2.25. The summed E-state index contributed by atoms with van der Waals surface area (Å²) < 4.78 is 0. The fraction of sp³-hybridized carbons (Fsp3) is 0.929. The lowest BCUT2D eigenvalue weighted by atomic mass is 9.93. The Bertz CT molecular complexity index is 245. The second-order valence-electron chi connectivity index (χ2n) is 5.87. The predicted octanol–water partition coefficient (Wildman–Crippen LogP) is 2.41. The van der Waals surface area contributed by atoms with Crippen LogP contribution in [-0.4, -0.2) is 36.5 Å². The Balaban J connectivity index is 2.33. The fourth-order valence-electron chi connectivity index (χ4n) is 2.24. The van der Waals surface area contributed by atoms with E-state index in [0.717, 1.165) is 25.9 Å². The van der Waals surface area contributed by atoms with E-state index < -0.39 is 0 Å². The zero-order valence-electron chi connectivity index (χ0n) is 11.9. The third-order valence-corrected chi connectivity index (χ3v) is 4.31. The molecule has 100 valence electrons. The van der Waals surface area contributed by atoms with E-state index in [0.29, 0.717) is 18.2 Å². The molecule has 1 unspecified atom stereocenters. The first-order valence-corrected chi connectivity index (χ1v) is 6.94. The van der Waals surface area contributed by atoms with Gasteiger partial charge in [0.05, 0.1) is 0 Å². The summed E-state index contributed by atoms with van der Waals surface area (Å²) in [5.41, 5.74) is -0.0120. The van der Waals surface area contributed by atoms with Crippen molar-refractivity contribution in [2.45, 2.75) is 58.4 Å². The molecule has 0 bridgehead atoms. The maximum Gasteiger partial charge on any atom is 0.222 e. The van der Waals surface area contributed by atoms with Gasteiger partial charge in [-0.15, -0.1) is 0 Å². The average molecular weight is 240 g/mol. The van der Waals surface area contributed by atoms with Gasteiger partial charge in [-0.05, 0) is 58.5 Å². The summed E-state index contributed by atoms with van der Waals surface area (Å²) in [6, 6.07) is 0. The second kappa shape index (κ2) is 6.39. The first kappa shape index (κ1) is 14.5. The highest BCUT2D eigenvalue weighted by Crippen LogP contribution is 2.20. The van der Waals surface area contributed by atoms with Crippen LogP contribution >= 0.6 is 0 Å². The van der Waals surface area contributed by atoms with Gasteiger partial charge in [-0.1, -0.05) is 6.92 Å². The lowest BCUT2D eigenvalue weighted by Crippen LogP contribution is -2.44. The highest BCUT2D eigenvalue weighted by atomic mass is 16.2. The van der Waals surface area contributed by atoms with Gasteiger partial charge in [0.2, 0.25) is 5.91 Å². The summed E-state index contributed by atoms with van der Waals surface area (Å²) in [6.07, 6.45) is 5.28. The van der Waals surface area contributed by atoms with E-state index in [9.17, 15) is 4.79 Å². The van der Waals surface area contributed by atoms with Crippen molar-refractivity contribution in [2.24, 2.45) is 5.92 Å². The Morgan fingerprint density at radius 3 is 2.71 bits per heavy atom. The van der Waals surface area contributed by atoms with E-state index in [1.807, 2.05) is 11.9 Å². The van der Waals surface area contributed by atoms with Gasteiger partial charge in [0.25, 0.3) is 0 Å². The molecule has 1 amide bonds. The van der Waals surface area contributed by atoms with Gasteiger partial charge >= 0.3 is 0 Å². The van der Waals surface area contributed by atoms with Crippen LogP contribution in [0.1, 0.15) is 52.9 Å². The number of hydrogen-bond donors (Lipinski definition) is 1. The zero-order chi connectivity index (χ0) is 12.9. The third-order valence-electron chi connectivity index (χ3n) is 4.31. The average Bonchev–Trinajstić information content (AvgIpc) is 2.36. The van der Waals surface area contributed by atoms with Gasteiger partial charge in [0.1, 0.15) is 0 Å². The molecule has 1 saturated heterocycles. The number of carbonyl (C=O) groups is 1. The molecular weight excluding hydrogens is 212 g/mol. The van der Waals surface area contributed by atoms with Crippen molar-refractivity contribution in [3.05, 3.63) is 0 Å². The molecule has 1 atom stereocenters. The van der Waals surface area contributed by atoms with Crippen LogP contribution in [0.5, 0.6) is 0 Å². The van der Waals surface area contributed by atoms with E-state index in [-0.39, 0.29) is 5.54 Å². The standard InChI is InChI=1S/C14H28N2O/c1-5-14(2,3)16(4)13(17)9-8-12-7-6-10-15-11-12/h12,15H,5-11H2,1-4H3. The Kier molecular flexibility index (Phi) is 5.44. The Morgan fingerprint density at radius 1 is 1.47 bits per heavy atom. The van der Waals surface area contributed by atoms with Gasteiger partial charge in [-0.3, -0.25) is 4.79 Å². The second-order valence-corrected chi connectivity index (χ2v) is 5.87. The number of carbonyl (C=O) groups excluding carboxylic acids is 1. The predicted molar refractivity (Wildman–Crippen MR) is 72.0 cm³/mol. The molecular formula is C14H28N2O. The van der Waals surface area contributed by atoms with Gasteiger partial charge in [0.15, 0.2) is 0 Å². The van der Waals surface area contributed by atoms with Gasteiger partial charge in [-0.25, -0.2) is 0 Å². The van der Waals surface area contributed by atoms with Crippen molar-refractivity contribution in [1.29, 1.82) is 0 Å². The van der Waals surface area contributed by atoms with Crippen molar-refractivity contribution < 1.29 is 4.79 Å². The SMILES string of the molecule is CCC(C)(C)N(C)C(=O)CCC1CCCNC1. The molecule has 0 aromatic rings. The smallest absolute Gasteiger partial charge is 0.222 e. The normalized spacial score (nSPS) is 21.3. The Hall–Kier alpha value is -0.570. The quantitative estimate of drug-likeness (QED) is 0.800. The number of amides is 1. The number of rotatable bonds is 5. The molecule has 0 radical (unpaired) electrons. The molecule has 3 nitrogen and oxygen atoms in total. The molecule has 1 N–H and O–H groups in total. The third kappa shape index (κ3) is 4.30. The first-order valence-electron chi connectivity index (χ1n) is 6.94. The van der Waals surface area contributed by atoms with E-state index in [1.165, 1.54) is 12.8 Å². The molecule has 1 rings (SSSR count). The minimum absolute atomic E-state index is 0.0120. The van der Waals surface area contributed by atoms with Crippen LogP contribution in [0.25, 0.3) is 0 Å². The summed E-state index contributed by atoms with van der Waals surface area (Å²) >= 11 is 0. The topological polar surface area (TPSA) is 32.3 Å². The van der Waals surface area contributed by atoms with Crippen LogP contribution in [0.3, 0.4) is 0 Å². The summed E-state index contributed by atoms with van der Waals surface area (Å²) in [6.45, 7) is 8.64. The molecule has 1 aliphatic heterocycles. The van der Waals surface area contributed by atoms with Crippen LogP contribution in [0.4, 0.5) is 0 Å². The summed E-state index contributed by atoms with van der Waals surface area (Å²) in [4.78, 5) is 14.0. The first-order chi connectivity index (χ1) is 7.97. The summed E-state index contributed by atoms with van der Waals surface area (Å²) in [5.74, 6) is 0.994.